The molecule has 1 heterocycles. The molecule has 4 aliphatic rings. The van der Waals surface area contributed by atoms with E-state index in [1.807, 2.05) is 11.4 Å². The molecule has 4 bridgehead atoms. The largest absolute Gasteiger partial charge is 0.480 e. The van der Waals surface area contributed by atoms with Gasteiger partial charge in [0.2, 0.25) is 0 Å². The average molecular weight is 319 g/mol. The zero-order valence-corrected chi connectivity index (χ0v) is 13.3. The second-order valence-electron chi connectivity index (χ2n) is 7.50. The number of carboxylic acids is 1. The van der Waals surface area contributed by atoms with Crippen LogP contribution in [0.1, 0.15) is 48.2 Å². The first kappa shape index (κ1) is 14.2. The molecule has 4 aliphatic carbocycles. The number of thiophene rings is 1. The van der Waals surface area contributed by atoms with Crippen molar-refractivity contribution < 1.29 is 14.7 Å². The third-order valence-corrected chi connectivity index (χ3v) is 6.83. The highest BCUT2D eigenvalue weighted by Crippen LogP contribution is 2.61. The van der Waals surface area contributed by atoms with E-state index in [0.717, 1.165) is 19.3 Å². The summed E-state index contributed by atoms with van der Waals surface area (Å²) in [5, 5.41) is 14.5. The fraction of sp³-hybridized carbons (Fsp3) is 0.647. The van der Waals surface area contributed by atoms with Gasteiger partial charge in [-0.15, -0.1) is 11.3 Å². The number of aliphatic carboxylic acids is 1. The lowest BCUT2D eigenvalue weighted by molar-refractivity contribution is -0.150. The number of hydrogen-bond donors (Lipinski definition) is 2. The van der Waals surface area contributed by atoms with Gasteiger partial charge in [0.1, 0.15) is 6.04 Å². The Morgan fingerprint density at radius 2 is 1.77 bits per heavy atom. The molecule has 2 N–H and O–H groups in total. The van der Waals surface area contributed by atoms with Crippen molar-refractivity contribution in [3.8, 4) is 0 Å². The first-order valence-electron chi connectivity index (χ1n) is 8.13. The second-order valence-corrected chi connectivity index (χ2v) is 8.45. The van der Waals surface area contributed by atoms with E-state index in [2.05, 4.69) is 5.32 Å². The lowest BCUT2D eigenvalue weighted by Gasteiger charge is -2.58. The molecule has 1 aromatic heterocycles. The lowest BCUT2D eigenvalue weighted by Crippen LogP contribution is -2.59. The van der Waals surface area contributed by atoms with Gasteiger partial charge < -0.3 is 10.4 Å². The summed E-state index contributed by atoms with van der Waals surface area (Å²) in [4.78, 5) is 24.9. The predicted octanol–water partition coefficient (Wildman–Crippen LogP) is 3.15. The zero-order valence-electron chi connectivity index (χ0n) is 12.5. The van der Waals surface area contributed by atoms with E-state index < -0.39 is 12.0 Å². The van der Waals surface area contributed by atoms with Crippen molar-refractivity contribution in [1.29, 1.82) is 0 Å². The van der Waals surface area contributed by atoms with Gasteiger partial charge >= 0.3 is 5.97 Å². The molecule has 118 valence electrons. The van der Waals surface area contributed by atoms with Crippen LogP contribution in [-0.4, -0.2) is 23.0 Å². The van der Waals surface area contributed by atoms with E-state index in [9.17, 15) is 14.7 Å². The van der Waals surface area contributed by atoms with Gasteiger partial charge in [0, 0.05) is 5.41 Å². The topological polar surface area (TPSA) is 66.4 Å². The minimum absolute atomic E-state index is 0.215. The summed E-state index contributed by atoms with van der Waals surface area (Å²) < 4.78 is 0. The summed E-state index contributed by atoms with van der Waals surface area (Å²) in [6.07, 6.45) is 6.72. The van der Waals surface area contributed by atoms with Crippen molar-refractivity contribution in [2.75, 3.05) is 0 Å². The van der Waals surface area contributed by atoms with E-state index in [1.54, 1.807) is 6.07 Å². The van der Waals surface area contributed by atoms with Gasteiger partial charge in [0.05, 0.1) is 4.88 Å². The van der Waals surface area contributed by atoms with Gasteiger partial charge in [-0.2, -0.15) is 0 Å². The molecule has 5 heteroatoms. The van der Waals surface area contributed by atoms with Crippen molar-refractivity contribution in [1.82, 2.24) is 5.32 Å². The number of carbonyl (C=O) groups is 2. The van der Waals surface area contributed by atoms with Gasteiger partial charge in [-0.25, -0.2) is 4.79 Å². The Kier molecular flexibility index (Phi) is 3.29. The normalized spacial score (nSPS) is 37.0. The minimum Gasteiger partial charge on any atom is -0.480 e. The van der Waals surface area contributed by atoms with E-state index in [1.165, 1.54) is 30.6 Å². The fourth-order valence-corrected chi connectivity index (χ4v) is 6.24. The quantitative estimate of drug-likeness (QED) is 0.896. The molecule has 1 atom stereocenters. The van der Waals surface area contributed by atoms with E-state index in [0.29, 0.717) is 22.6 Å². The van der Waals surface area contributed by atoms with Crippen LogP contribution < -0.4 is 5.32 Å². The maximum atomic E-state index is 12.3. The van der Waals surface area contributed by atoms with Crippen LogP contribution in [0, 0.1) is 23.2 Å². The number of carbonyl (C=O) groups excluding carboxylic acids is 1. The number of rotatable bonds is 4. The Morgan fingerprint density at radius 1 is 1.18 bits per heavy atom. The van der Waals surface area contributed by atoms with Crippen molar-refractivity contribution in [2.45, 2.75) is 44.6 Å². The van der Waals surface area contributed by atoms with Gasteiger partial charge in [0.15, 0.2) is 0 Å². The predicted molar refractivity (Wildman–Crippen MR) is 83.8 cm³/mol. The first-order valence-corrected chi connectivity index (χ1v) is 9.01. The Morgan fingerprint density at radius 3 is 2.23 bits per heavy atom. The van der Waals surface area contributed by atoms with E-state index in [4.69, 9.17) is 0 Å². The monoisotopic (exact) mass is 319 g/mol. The Labute approximate surface area is 133 Å². The summed E-state index contributed by atoms with van der Waals surface area (Å²) in [6.45, 7) is 0. The van der Waals surface area contributed by atoms with Gasteiger partial charge in [0.25, 0.3) is 5.91 Å². The summed E-state index contributed by atoms with van der Waals surface area (Å²) >= 11 is 1.36. The summed E-state index contributed by atoms with van der Waals surface area (Å²) in [6, 6.07) is 2.83. The Balaban J connectivity index is 1.59. The molecule has 4 fully saturated rings. The number of hydrogen-bond acceptors (Lipinski definition) is 3. The van der Waals surface area contributed by atoms with Gasteiger partial charge in [-0.1, -0.05) is 6.07 Å². The average Bonchev–Trinajstić information content (AvgIpc) is 2.96. The highest BCUT2D eigenvalue weighted by molar-refractivity contribution is 7.12. The molecule has 4 nitrogen and oxygen atoms in total. The molecule has 22 heavy (non-hydrogen) atoms. The third kappa shape index (κ3) is 2.26. The van der Waals surface area contributed by atoms with Gasteiger partial charge in [-0.3, -0.25) is 4.79 Å². The first-order chi connectivity index (χ1) is 10.6. The van der Waals surface area contributed by atoms with Crippen molar-refractivity contribution in [2.24, 2.45) is 23.2 Å². The van der Waals surface area contributed by atoms with Crippen LogP contribution >= 0.6 is 11.3 Å². The smallest absolute Gasteiger partial charge is 0.326 e. The Hall–Kier alpha value is -1.36. The standard InChI is InChI=1S/C17H21NO3S/c19-15(13-2-1-3-22-13)18-14(16(20)21)17-7-10-4-11(8-17)6-12(5-10)9-17/h1-3,10-12,14H,4-9H2,(H,18,19)(H,20,21)/t10?,11?,12?,14-,17?/m1/s1. The molecule has 0 radical (unpaired) electrons. The zero-order chi connectivity index (χ0) is 15.3. The van der Waals surface area contributed by atoms with Crippen LogP contribution in [0.4, 0.5) is 0 Å². The maximum Gasteiger partial charge on any atom is 0.326 e. The SMILES string of the molecule is O=C(N[C@H](C(=O)O)C12CC3CC(CC(C3)C1)C2)c1cccs1. The molecule has 0 unspecified atom stereocenters. The van der Waals surface area contributed by atoms with Crippen molar-refractivity contribution in [3.05, 3.63) is 22.4 Å². The molecule has 5 rings (SSSR count). The molecule has 1 aromatic rings. The third-order valence-electron chi connectivity index (χ3n) is 5.97. The van der Waals surface area contributed by atoms with Crippen molar-refractivity contribution in [3.63, 3.8) is 0 Å². The van der Waals surface area contributed by atoms with Crippen LogP contribution in [0.15, 0.2) is 17.5 Å². The van der Waals surface area contributed by atoms with Crippen LogP contribution in [0.3, 0.4) is 0 Å². The highest BCUT2D eigenvalue weighted by atomic mass is 32.1. The molecule has 4 saturated carbocycles. The van der Waals surface area contributed by atoms with Gasteiger partial charge in [-0.05, 0) is 67.7 Å². The summed E-state index contributed by atoms with van der Waals surface area (Å²) in [5.41, 5.74) is -0.215. The molecular weight excluding hydrogens is 298 g/mol. The van der Waals surface area contributed by atoms with E-state index in [-0.39, 0.29) is 11.3 Å². The molecule has 0 aromatic carbocycles. The Bertz CT molecular complexity index is 560. The molecule has 1 amide bonds. The number of nitrogens with one attached hydrogen (secondary N) is 1. The molecule has 0 aliphatic heterocycles. The summed E-state index contributed by atoms with van der Waals surface area (Å²) in [7, 11) is 0. The number of carboxylic acid groups (broad SMARTS) is 1. The maximum absolute atomic E-state index is 12.3. The van der Waals surface area contributed by atoms with E-state index >= 15 is 0 Å². The molecule has 0 saturated heterocycles. The number of amides is 1. The van der Waals surface area contributed by atoms with Crippen LogP contribution in [0.5, 0.6) is 0 Å². The van der Waals surface area contributed by atoms with Crippen LogP contribution in [0.25, 0.3) is 0 Å². The minimum atomic E-state index is -0.869. The van der Waals surface area contributed by atoms with Crippen LogP contribution in [0.2, 0.25) is 0 Å². The van der Waals surface area contributed by atoms with Crippen LogP contribution in [-0.2, 0) is 4.79 Å². The molecular formula is C17H21NO3S. The summed E-state index contributed by atoms with van der Waals surface area (Å²) in [5.74, 6) is 0.912. The second kappa shape index (κ2) is 5.08. The fourth-order valence-electron chi connectivity index (χ4n) is 5.62. The van der Waals surface area contributed by atoms with Crippen molar-refractivity contribution >= 4 is 23.2 Å². The molecule has 0 spiro atoms. The lowest BCUT2D eigenvalue weighted by atomic mass is 9.47. The highest BCUT2D eigenvalue weighted by Gasteiger charge is 2.56.